The Hall–Kier alpha value is -2.21. The maximum atomic E-state index is 13.2. The Bertz CT molecular complexity index is 1140. The minimum Gasteiger partial charge on any atom is -0.462 e. The normalized spacial score (nSPS) is 39.1. The highest BCUT2D eigenvalue weighted by atomic mass is 16.6. The predicted octanol–water partition coefficient (Wildman–Crippen LogP) is 5.16. The van der Waals surface area contributed by atoms with Gasteiger partial charge in [-0.05, 0) is 68.2 Å². The van der Waals surface area contributed by atoms with E-state index in [2.05, 4.69) is 18.7 Å². The standard InChI is InChI=1S/C33H41NO4/c1-22-10-9-17-31(2)20-27-28(29-33(22,31)38-29)26(30(35)37-27)21-34-18-15-25(16-19-34)32(36,23-11-5-3-6-12-23)24-13-7-4-8-14-24/h3-8,11-14,22,25-29,36H,9-10,15-21H2,1-2H3. The number of hydrogen-bond donors (Lipinski definition) is 1. The summed E-state index contributed by atoms with van der Waals surface area (Å²) >= 11 is 0. The number of fused-ring (bicyclic) bond motifs is 2. The molecule has 1 spiro atoms. The van der Waals surface area contributed by atoms with Gasteiger partial charge in [-0.3, -0.25) is 4.79 Å². The third kappa shape index (κ3) is 3.51. The van der Waals surface area contributed by atoms with Crippen LogP contribution in [0.3, 0.4) is 0 Å². The molecular weight excluding hydrogens is 474 g/mol. The Balaban J connectivity index is 1.07. The average molecular weight is 516 g/mol. The van der Waals surface area contributed by atoms with Crippen LogP contribution in [0.15, 0.2) is 60.7 Å². The lowest BCUT2D eigenvalue weighted by atomic mass is 9.53. The van der Waals surface area contributed by atoms with Gasteiger partial charge in [-0.2, -0.15) is 0 Å². The van der Waals surface area contributed by atoms with Crippen molar-refractivity contribution in [2.45, 2.75) is 75.8 Å². The fraction of sp³-hybridized carbons (Fsp3) is 0.606. The Morgan fingerprint density at radius 1 is 1.00 bits per heavy atom. The van der Waals surface area contributed by atoms with E-state index in [1.54, 1.807) is 0 Å². The number of nitrogens with zero attached hydrogens (tertiary/aromatic N) is 1. The molecule has 2 aliphatic carbocycles. The van der Waals surface area contributed by atoms with Gasteiger partial charge in [-0.1, -0.05) is 80.9 Å². The molecule has 38 heavy (non-hydrogen) atoms. The number of hydrogen-bond acceptors (Lipinski definition) is 5. The Morgan fingerprint density at radius 2 is 1.63 bits per heavy atom. The number of carbonyl (C=O) groups excluding carboxylic acids is 1. The van der Waals surface area contributed by atoms with Gasteiger partial charge in [0.1, 0.15) is 17.3 Å². The molecule has 2 aromatic rings. The van der Waals surface area contributed by atoms with Crippen molar-refractivity contribution in [1.82, 2.24) is 4.90 Å². The number of aliphatic hydroxyl groups is 1. The highest BCUT2D eigenvalue weighted by Gasteiger charge is 2.78. The molecular formula is C33H41NO4. The van der Waals surface area contributed by atoms with Crippen LogP contribution in [0.1, 0.15) is 63.5 Å². The van der Waals surface area contributed by atoms with Gasteiger partial charge < -0.3 is 19.5 Å². The second-order valence-corrected chi connectivity index (χ2v) is 13.1. The van der Waals surface area contributed by atoms with E-state index in [-0.39, 0.29) is 46.9 Å². The van der Waals surface area contributed by atoms with Crippen molar-refractivity contribution in [2.24, 2.45) is 29.1 Å². The highest BCUT2D eigenvalue weighted by molar-refractivity contribution is 5.76. The van der Waals surface area contributed by atoms with Crippen LogP contribution in [0.5, 0.6) is 0 Å². The second-order valence-electron chi connectivity index (χ2n) is 13.1. The first-order valence-electron chi connectivity index (χ1n) is 14.8. The summed E-state index contributed by atoms with van der Waals surface area (Å²) < 4.78 is 12.7. The molecule has 2 aromatic carbocycles. The second kappa shape index (κ2) is 8.90. The van der Waals surface area contributed by atoms with Gasteiger partial charge in [0, 0.05) is 17.9 Å². The Labute approximate surface area is 226 Å². The highest BCUT2D eigenvalue weighted by Crippen LogP contribution is 2.70. The van der Waals surface area contributed by atoms with Crippen LogP contribution in [0, 0.1) is 29.1 Å². The molecule has 7 rings (SSSR count). The van der Waals surface area contributed by atoms with Crippen molar-refractivity contribution < 1.29 is 19.4 Å². The lowest BCUT2D eigenvalue weighted by Gasteiger charge is -2.49. The van der Waals surface area contributed by atoms with Gasteiger partial charge >= 0.3 is 5.97 Å². The van der Waals surface area contributed by atoms with Crippen LogP contribution < -0.4 is 0 Å². The van der Waals surface area contributed by atoms with Gasteiger partial charge in [-0.15, -0.1) is 0 Å². The molecule has 5 heteroatoms. The van der Waals surface area contributed by atoms with Crippen LogP contribution in [0.2, 0.25) is 0 Å². The van der Waals surface area contributed by atoms with E-state index < -0.39 is 5.60 Å². The maximum Gasteiger partial charge on any atom is 0.311 e. The van der Waals surface area contributed by atoms with Crippen molar-refractivity contribution in [1.29, 1.82) is 0 Å². The van der Waals surface area contributed by atoms with Crippen LogP contribution in [-0.2, 0) is 19.9 Å². The van der Waals surface area contributed by atoms with E-state index in [1.807, 2.05) is 60.7 Å². The lowest BCUT2D eigenvalue weighted by Crippen LogP contribution is -2.55. The van der Waals surface area contributed by atoms with Gasteiger partial charge in [0.05, 0.1) is 12.0 Å². The SMILES string of the molecule is CC1CCCC2(C)CC3OC(=O)C(CN4CCC(C(O)(c5ccccc5)c5ccccc5)CC4)C3C3OC132. The Kier molecular flexibility index (Phi) is 5.81. The van der Waals surface area contributed by atoms with Crippen molar-refractivity contribution in [3.8, 4) is 0 Å². The number of piperidine rings is 1. The third-order valence-electron chi connectivity index (χ3n) is 11.3. The zero-order valence-corrected chi connectivity index (χ0v) is 22.7. The van der Waals surface area contributed by atoms with E-state index in [9.17, 15) is 9.90 Å². The predicted molar refractivity (Wildman–Crippen MR) is 145 cm³/mol. The quantitative estimate of drug-likeness (QED) is 0.440. The number of benzene rings is 2. The molecule has 1 N–H and O–H groups in total. The number of rotatable bonds is 5. The third-order valence-corrected chi connectivity index (χ3v) is 11.3. The first-order valence-corrected chi connectivity index (χ1v) is 14.8. The number of carbonyl (C=O) groups is 1. The molecule has 0 amide bonds. The van der Waals surface area contributed by atoms with E-state index >= 15 is 0 Å². The van der Waals surface area contributed by atoms with Crippen molar-refractivity contribution in [3.05, 3.63) is 71.8 Å². The zero-order valence-electron chi connectivity index (χ0n) is 22.7. The molecule has 7 unspecified atom stereocenters. The molecule has 3 heterocycles. The van der Waals surface area contributed by atoms with Gasteiger partial charge in [-0.25, -0.2) is 0 Å². The van der Waals surface area contributed by atoms with E-state index in [0.717, 1.165) is 50.0 Å². The summed E-state index contributed by atoms with van der Waals surface area (Å²) in [5.41, 5.74) is 0.965. The molecule has 0 bridgehead atoms. The lowest BCUT2D eigenvalue weighted by molar-refractivity contribution is -0.146. The summed E-state index contributed by atoms with van der Waals surface area (Å²) in [6, 6.07) is 20.2. The molecule has 3 aliphatic heterocycles. The largest absolute Gasteiger partial charge is 0.462 e. The van der Waals surface area contributed by atoms with Gasteiger partial charge in [0.25, 0.3) is 0 Å². The molecule has 5 fully saturated rings. The summed E-state index contributed by atoms with van der Waals surface area (Å²) in [6.45, 7) is 7.22. The molecule has 5 aliphatic rings. The fourth-order valence-corrected chi connectivity index (χ4v) is 9.28. The minimum atomic E-state index is -1.02. The molecule has 3 saturated heterocycles. The van der Waals surface area contributed by atoms with Gasteiger partial charge in [0.15, 0.2) is 0 Å². The molecule has 202 valence electrons. The summed E-state index contributed by atoms with van der Waals surface area (Å²) in [4.78, 5) is 15.7. The minimum absolute atomic E-state index is 0.00205. The van der Waals surface area contributed by atoms with Crippen molar-refractivity contribution >= 4 is 5.97 Å². The van der Waals surface area contributed by atoms with Crippen LogP contribution in [0.25, 0.3) is 0 Å². The van der Waals surface area contributed by atoms with Gasteiger partial charge in [0.2, 0.25) is 0 Å². The number of epoxide rings is 1. The topological polar surface area (TPSA) is 62.3 Å². The maximum absolute atomic E-state index is 13.2. The van der Waals surface area contributed by atoms with Crippen molar-refractivity contribution in [2.75, 3.05) is 19.6 Å². The summed E-state index contributed by atoms with van der Waals surface area (Å²) in [5, 5.41) is 12.2. The number of ether oxygens (including phenoxy) is 2. The van der Waals surface area contributed by atoms with Crippen molar-refractivity contribution in [3.63, 3.8) is 0 Å². The molecule has 5 nitrogen and oxygen atoms in total. The van der Waals surface area contributed by atoms with Crippen LogP contribution in [-0.4, -0.2) is 53.4 Å². The van der Waals surface area contributed by atoms with Crippen LogP contribution in [0.4, 0.5) is 0 Å². The zero-order chi connectivity index (χ0) is 26.1. The molecule has 0 aromatic heterocycles. The monoisotopic (exact) mass is 515 g/mol. The number of likely N-dealkylation sites (tertiary alicyclic amines) is 1. The fourth-order valence-electron chi connectivity index (χ4n) is 9.28. The first kappa shape index (κ1) is 24.8. The smallest absolute Gasteiger partial charge is 0.311 e. The summed E-state index contributed by atoms with van der Waals surface area (Å²) in [5.74, 6) is 0.710. The first-order chi connectivity index (χ1) is 18.4. The molecule has 7 atom stereocenters. The summed E-state index contributed by atoms with van der Waals surface area (Å²) in [6.07, 6.45) is 6.53. The molecule has 2 saturated carbocycles. The number of esters is 1. The van der Waals surface area contributed by atoms with E-state index in [1.165, 1.54) is 19.3 Å². The molecule has 0 radical (unpaired) electrons. The van der Waals surface area contributed by atoms with E-state index in [0.29, 0.717) is 5.92 Å². The van der Waals surface area contributed by atoms with E-state index in [4.69, 9.17) is 9.47 Å². The summed E-state index contributed by atoms with van der Waals surface area (Å²) in [7, 11) is 0. The average Bonchev–Trinajstić information content (AvgIpc) is 3.63. The van der Waals surface area contributed by atoms with Crippen LogP contribution >= 0.6 is 0 Å². The Morgan fingerprint density at radius 3 is 2.26 bits per heavy atom.